The third-order valence-electron chi connectivity index (χ3n) is 5.71. The van der Waals surface area contributed by atoms with Crippen molar-refractivity contribution in [2.45, 2.75) is 19.4 Å². The van der Waals surface area contributed by atoms with Crippen molar-refractivity contribution in [2.24, 2.45) is 0 Å². The second-order valence-electron chi connectivity index (χ2n) is 8.21. The van der Waals surface area contributed by atoms with Crippen molar-refractivity contribution < 1.29 is 19.4 Å². The van der Waals surface area contributed by atoms with Gasteiger partial charge >= 0.3 is 0 Å². The van der Waals surface area contributed by atoms with Gasteiger partial charge in [-0.2, -0.15) is 0 Å². The second-order valence-corrected chi connectivity index (χ2v) is 8.21. The van der Waals surface area contributed by atoms with Crippen LogP contribution in [0.4, 0.5) is 11.4 Å². The van der Waals surface area contributed by atoms with E-state index >= 15 is 0 Å². The van der Waals surface area contributed by atoms with Gasteiger partial charge in [0.05, 0.1) is 23.9 Å². The summed E-state index contributed by atoms with van der Waals surface area (Å²) >= 11 is 0. The molecule has 1 fully saturated rings. The molecule has 2 heterocycles. The molecule has 3 aromatic rings. The topological polar surface area (TPSA) is 83.0 Å². The van der Waals surface area contributed by atoms with Crippen LogP contribution in [-0.2, 0) is 9.59 Å². The number of aromatic nitrogens is 1. The maximum atomic E-state index is 13.4. The lowest BCUT2D eigenvalue weighted by molar-refractivity contribution is -0.132. The lowest BCUT2D eigenvalue weighted by atomic mass is 9.95. The van der Waals surface area contributed by atoms with Gasteiger partial charge in [0.1, 0.15) is 11.5 Å². The van der Waals surface area contributed by atoms with Crippen molar-refractivity contribution in [1.82, 2.24) is 4.98 Å². The van der Waals surface area contributed by atoms with Gasteiger partial charge in [0.15, 0.2) is 0 Å². The first-order chi connectivity index (χ1) is 16.4. The molecule has 0 radical (unpaired) electrons. The van der Waals surface area contributed by atoms with E-state index in [4.69, 9.17) is 4.74 Å². The van der Waals surface area contributed by atoms with Crippen LogP contribution < -0.4 is 14.5 Å². The largest absolute Gasteiger partial charge is 0.507 e. The zero-order valence-corrected chi connectivity index (χ0v) is 19.4. The molecule has 2 aromatic carbocycles. The molecule has 0 spiro atoms. The van der Waals surface area contributed by atoms with E-state index in [2.05, 4.69) is 4.98 Å². The number of hydrogen-bond acceptors (Lipinski definition) is 6. The number of carbonyl (C=O) groups is 2. The Labute approximate surface area is 198 Å². The van der Waals surface area contributed by atoms with Crippen LogP contribution in [0.25, 0.3) is 5.76 Å². The number of ketones is 1. The molecule has 1 aliphatic heterocycles. The summed E-state index contributed by atoms with van der Waals surface area (Å²) in [4.78, 5) is 34.1. The van der Waals surface area contributed by atoms with Crippen LogP contribution >= 0.6 is 0 Å². The van der Waals surface area contributed by atoms with Crippen LogP contribution in [0.2, 0.25) is 0 Å². The Kier molecular flexibility index (Phi) is 6.63. The number of rotatable bonds is 7. The number of anilines is 2. The molecule has 7 nitrogen and oxygen atoms in total. The maximum Gasteiger partial charge on any atom is 0.300 e. The highest BCUT2D eigenvalue weighted by atomic mass is 16.5. The van der Waals surface area contributed by atoms with Gasteiger partial charge in [0, 0.05) is 37.7 Å². The van der Waals surface area contributed by atoms with E-state index < -0.39 is 17.7 Å². The van der Waals surface area contributed by atoms with Gasteiger partial charge in [0.25, 0.3) is 11.7 Å². The van der Waals surface area contributed by atoms with Crippen LogP contribution in [0.15, 0.2) is 78.6 Å². The summed E-state index contributed by atoms with van der Waals surface area (Å²) in [5, 5.41) is 11.2. The van der Waals surface area contributed by atoms with Crippen LogP contribution in [0.1, 0.15) is 30.5 Å². The van der Waals surface area contributed by atoms with Crippen molar-refractivity contribution in [2.75, 3.05) is 30.5 Å². The molecule has 1 unspecified atom stereocenters. The summed E-state index contributed by atoms with van der Waals surface area (Å²) in [5.74, 6) is -1.20. The number of pyridine rings is 1. The third-order valence-corrected chi connectivity index (χ3v) is 5.71. The lowest BCUT2D eigenvalue weighted by Gasteiger charge is -2.27. The average molecular weight is 458 g/mol. The SMILES string of the molecule is CCCOc1ccccc1N1C(=O)C(=O)/C(=C(\O)c2ccncc2)C1c1ccc(N(C)C)cc1. The van der Waals surface area contributed by atoms with Gasteiger partial charge in [-0.3, -0.25) is 19.5 Å². The normalized spacial score (nSPS) is 17.1. The molecule has 7 heteroatoms. The molecular formula is C27H27N3O4. The number of ether oxygens (including phenoxy) is 1. The third kappa shape index (κ3) is 4.24. The predicted octanol–water partition coefficient (Wildman–Crippen LogP) is 4.56. The Morgan fingerprint density at radius 3 is 2.35 bits per heavy atom. The minimum absolute atomic E-state index is 0.0269. The molecule has 0 saturated carbocycles. The highest BCUT2D eigenvalue weighted by Crippen LogP contribution is 2.45. The van der Waals surface area contributed by atoms with Crippen molar-refractivity contribution in [3.8, 4) is 5.75 Å². The van der Waals surface area contributed by atoms with Gasteiger partial charge in [-0.25, -0.2) is 0 Å². The van der Waals surface area contributed by atoms with E-state index in [1.165, 1.54) is 17.3 Å². The van der Waals surface area contributed by atoms with E-state index in [-0.39, 0.29) is 11.3 Å². The molecule has 174 valence electrons. The van der Waals surface area contributed by atoms with E-state index in [0.717, 1.165) is 12.1 Å². The summed E-state index contributed by atoms with van der Waals surface area (Å²) in [7, 11) is 3.87. The summed E-state index contributed by atoms with van der Waals surface area (Å²) in [6.45, 7) is 2.47. The Hall–Kier alpha value is -4.13. The molecule has 34 heavy (non-hydrogen) atoms. The molecule has 4 rings (SSSR count). The van der Waals surface area contributed by atoms with Gasteiger partial charge < -0.3 is 14.7 Å². The zero-order chi connectivity index (χ0) is 24.2. The average Bonchev–Trinajstić information content (AvgIpc) is 3.13. The quantitative estimate of drug-likeness (QED) is 0.318. The molecule has 1 aliphatic rings. The Bertz CT molecular complexity index is 1220. The van der Waals surface area contributed by atoms with Crippen molar-refractivity contribution in [3.63, 3.8) is 0 Å². The van der Waals surface area contributed by atoms with Crippen molar-refractivity contribution in [1.29, 1.82) is 0 Å². The molecule has 1 atom stereocenters. The number of hydrogen-bond donors (Lipinski definition) is 1. The first-order valence-electron chi connectivity index (χ1n) is 11.1. The predicted molar refractivity (Wildman–Crippen MR) is 132 cm³/mol. The minimum atomic E-state index is -0.823. The Morgan fingerprint density at radius 1 is 1.03 bits per heavy atom. The van der Waals surface area contributed by atoms with Gasteiger partial charge in [-0.05, 0) is 48.4 Å². The molecular weight excluding hydrogens is 430 g/mol. The summed E-state index contributed by atoms with van der Waals surface area (Å²) in [5.41, 5.74) is 2.60. The Morgan fingerprint density at radius 2 is 1.71 bits per heavy atom. The summed E-state index contributed by atoms with van der Waals surface area (Å²) < 4.78 is 5.90. The van der Waals surface area contributed by atoms with E-state index in [9.17, 15) is 14.7 Å². The minimum Gasteiger partial charge on any atom is -0.507 e. The fourth-order valence-electron chi connectivity index (χ4n) is 4.01. The van der Waals surface area contributed by atoms with Crippen molar-refractivity contribution >= 4 is 28.8 Å². The monoisotopic (exact) mass is 457 g/mol. The second kappa shape index (κ2) is 9.79. The van der Waals surface area contributed by atoms with Crippen molar-refractivity contribution in [3.05, 3.63) is 89.8 Å². The first-order valence-corrected chi connectivity index (χ1v) is 11.1. The smallest absolute Gasteiger partial charge is 0.300 e. The number of amides is 1. The van der Waals surface area contributed by atoms with Crippen LogP contribution in [0.5, 0.6) is 5.75 Å². The molecule has 1 N–H and O–H groups in total. The highest BCUT2D eigenvalue weighted by molar-refractivity contribution is 6.51. The van der Waals surface area contributed by atoms with Gasteiger partial charge in [-0.15, -0.1) is 0 Å². The summed E-state index contributed by atoms with van der Waals surface area (Å²) in [6.07, 6.45) is 3.85. The van der Waals surface area contributed by atoms with Crippen LogP contribution in [0.3, 0.4) is 0 Å². The fraction of sp³-hybridized carbons (Fsp3) is 0.222. The van der Waals surface area contributed by atoms with E-state index in [1.807, 2.05) is 56.3 Å². The molecule has 1 amide bonds. The Balaban J connectivity index is 1.92. The molecule has 0 aliphatic carbocycles. The first kappa shape index (κ1) is 23.0. The molecule has 1 aromatic heterocycles. The molecule has 0 bridgehead atoms. The number of aliphatic hydroxyl groups excluding tert-OH is 1. The van der Waals surface area contributed by atoms with Crippen LogP contribution in [-0.4, -0.2) is 42.5 Å². The number of aliphatic hydroxyl groups is 1. The number of Topliss-reactive ketones (excluding diaryl/α,β-unsaturated/α-hetero) is 1. The van der Waals surface area contributed by atoms with E-state index in [0.29, 0.717) is 29.2 Å². The standard InChI is InChI=1S/C27H27N3O4/c1-4-17-34-22-8-6-5-7-21(22)30-24(18-9-11-20(12-10-18)29(2)3)23(26(32)27(30)33)25(31)19-13-15-28-16-14-19/h5-16,24,31H,4,17H2,1-3H3/b25-23-. The number of carbonyl (C=O) groups excluding carboxylic acids is 2. The number of nitrogens with zero attached hydrogens (tertiary/aromatic N) is 3. The number of para-hydroxylation sites is 2. The van der Waals surface area contributed by atoms with Crippen LogP contribution in [0, 0.1) is 0 Å². The summed E-state index contributed by atoms with van der Waals surface area (Å²) in [6, 6.07) is 17.1. The van der Waals surface area contributed by atoms with Gasteiger partial charge in [0.2, 0.25) is 0 Å². The molecule has 1 saturated heterocycles. The maximum absolute atomic E-state index is 13.4. The fourth-order valence-corrected chi connectivity index (χ4v) is 4.01. The lowest BCUT2D eigenvalue weighted by Crippen LogP contribution is -2.30. The zero-order valence-electron chi connectivity index (χ0n) is 19.4. The highest BCUT2D eigenvalue weighted by Gasteiger charge is 2.47. The van der Waals surface area contributed by atoms with E-state index in [1.54, 1.807) is 30.3 Å². The number of benzene rings is 2. The van der Waals surface area contributed by atoms with Gasteiger partial charge in [-0.1, -0.05) is 31.2 Å².